The molecule has 0 fully saturated rings. The number of nitrogens with one attached hydrogen (secondary N) is 1. The first kappa shape index (κ1) is 13.8. The molecular formula is C15H22N4S. The Labute approximate surface area is 124 Å². The molecule has 0 aromatic carbocycles. The van der Waals surface area contributed by atoms with Crippen LogP contribution in [0.1, 0.15) is 59.3 Å². The standard InChI is InChI=1S/C15H22N4S/c1-9-8-13(12(4)20-9)10(2)16-11(3)15-18-17-14-6-5-7-19(14)15/h8,10-11,16H,5-7H2,1-4H3. The van der Waals surface area contributed by atoms with Gasteiger partial charge in [0.1, 0.15) is 11.6 Å². The summed E-state index contributed by atoms with van der Waals surface area (Å²) >= 11 is 1.87. The summed E-state index contributed by atoms with van der Waals surface area (Å²) in [7, 11) is 0. The molecular weight excluding hydrogens is 268 g/mol. The van der Waals surface area contributed by atoms with Gasteiger partial charge in [-0.25, -0.2) is 0 Å². The summed E-state index contributed by atoms with van der Waals surface area (Å²) in [5, 5.41) is 12.3. The van der Waals surface area contributed by atoms with Crippen LogP contribution in [0, 0.1) is 13.8 Å². The number of rotatable bonds is 4. The minimum Gasteiger partial charge on any atom is -0.314 e. The molecule has 0 amide bonds. The predicted molar refractivity (Wildman–Crippen MR) is 82.1 cm³/mol. The summed E-state index contributed by atoms with van der Waals surface area (Å²) in [5.41, 5.74) is 1.40. The number of hydrogen-bond acceptors (Lipinski definition) is 4. The quantitative estimate of drug-likeness (QED) is 0.939. The van der Waals surface area contributed by atoms with E-state index in [1.807, 2.05) is 11.3 Å². The van der Waals surface area contributed by atoms with Crippen molar-refractivity contribution in [3.63, 3.8) is 0 Å². The Bertz CT molecular complexity index is 613. The third kappa shape index (κ3) is 2.40. The van der Waals surface area contributed by atoms with Crippen LogP contribution in [-0.4, -0.2) is 14.8 Å². The van der Waals surface area contributed by atoms with Crippen LogP contribution in [0.4, 0.5) is 0 Å². The molecule has 0 bridgehead atoms. The SMILES string of the molecule is Cc1cc(C(C)NC(C)c2nnc3n2CCC3)c(C)s1. The highest BCUT2D eigenvalue weighted by Gasteiger charge is 2.23. The van der Waals surface area contributed by atoms with Crippen LogP contribution in [0.5, 0.6) is 0 Å². The maximum absolute atomic E-state index is 4.37. The van der Waals surface area contributed by atoms with Gasteiger partial charge in [0.05, 0.1) is 6.04 Å². The van der Waals surface area contributed by atoms with E-state index in [1.54, 1.807) is 0 Å². The molecule has 4 nitrogen and oxygen atoms in total. The molecule has 0 radical (unpaired) electrons. The summed E-state index contributed by atoms with van der Waals surface area (Å²) in [4.78, 5) is 2.78. The zero-order valence-electron chi connectivity index (χ0n) is 12.6. The Hall–Kier alpha value is -1.20. The van der Waals surface area contributed by atoms with E-state index >= 15 is 0 Å². The second kappa shape index (κ2) is 5.30. The molecule has 108 valence electrons. The smallest absolute Gasteiger partial charge is 0.149 e. The average Bonchev–Trinajstić information content (AvgIpc) is 3.03. The lowest BCUT2D eigenvalue weighted by Gasteiger charge is -2.20. The number of aryl methyl sites for hydroxylation is 3. The molecule has 1 N–H and O–H groups in total. The van der Waals surface area contributed by atoms with Crippen LogP contribution in [0.2, 0.25) is 0 Å². The predicted octanol–water partition coefficient (Wildman–Crippen LogP) is 3.31. The fourth-order valence-corrected chi connectivity index (χ4v) is 4.14. The number of aromatic nitrogens is 3. The van der Waals surface area contributed by atoms with Crippen molar-refractivity contribution < 1.29 is 0 Å². The van der Waals surface area contributed by atoms with Gasteiger partial charge in [0.25, 0.3) is 0 Å². The maximum atomic E-state index is 4.37. The van der Waals surface area contributed by atoms with Crippen LogP contribution in [-0.2, 0) is 13.0 Å². The minimum atomic E-state index is 0.226. The van der Waals surface area contributed by atoms with Crippen molar-refractivity contribution in [2.75, 3.05) is 0 Å². The van der Waals surface area contributed by atoms with Gasteiger partial charge in [-0.3, -0.25) is 0 Å². The van der Waals surface area contributed by atoms with E-state index in [0.29, 0.717) is 6.04 Å². The first-order valence-electron chi connectivity index (χ1n) is 7.31. The largest absolute Gasteiger partial charge is 0.314 e. The molecule has 2 unspecified atom stereocenters. The third-order valence-corrected chi connectivity index (χ3v) is 5.05. The lowest BCUT2D eigenvalue weighted by Crippen LogP contribution is -2.25. The first-order valence-corrected chi connectivity index (χ1v) is 8.13. The molecule has 1 aliphatic heterocycles. The van der Waals surface area contributed by atoms with E-state index in [0.717, 1.165) is 24.6 Å². The summed E-state index contributed by atoms with van der Waals surface area (Å²) in [5.74, 6) is 2.22. The fraction of sp³-hybridized carbons (Fsp3) is 0.600. The summed E-state index contributed by atoms with van der Waals surface area (Å²) in [6, 6.07) is 2.85. The van der Waals surface area contributed by atoms with Crippen molar-refractivity contribution in [3.05, 3.63) is 33.0 Å². The highest BCUT2D eigenvalue weighted by Crippen LogP contribution is 2.28. The van der Waals surface area contributed by atoms with Gasteiger partial charge in [0, 0.05) is 28.8 Å². The van der Waals surface area contributed by atoms with Crippen LogP contribution in [0.25, 0.3) is 0 Å². The molecule has 3 heterocycles. The molecule has 20 heavy (non-hydrogen) atoms. The Morgan fingerprint density at radius 3 is 2.75 bits per heavy atom. The Morgan fingerprint density at radius 2 is 2.05 bits per heavy atom. The van der Waals surface area contributed by atoms with Gasteiger partial charge in [0.15, 0.2) is 0 Å². The van der Waals surface area contributed by atoms with Crippen LogP contribution in [0.15, 0.2) is 6.07 Å². The average molecular weight is 290 g/mol. The molecule has 3 rings (SSSR count). The lowest BCUT2D eigenvalue weighted by molar-refractivity contribution is 0.459. The first-order chi connectivity index (χ1) is 9.56. The maximum Gasteiger partial charge on any atom is 0.149 e. The second-order valence-corrected chi connectivity index (χ2v) is 7.17. The van der Waals surface area contributed by atoms with E-state index in [9.17, 15) is 0 Å². The highest BCUT2D eigenvalue weighted by atomic mass is 32.1. The van der Waals surface area contributed by atoms with Crippen molar-refractivity contribution >= 4 is 11.3 Å². The van der Waals surface area contributed by atoms with Crippen LogP contribution < -0.4 is 5.32 Å². The van der Waals surface area contributed by atoms with E-state index in [1.165, 1.54) is 21.7 Å². The van der Waals surface area contributed by atoms with Crippen molar-refractivity contribution in [1.82, 2.24) is 20.1 Å². The monoisotopic (exact) mass is 290 g/mol. The normalized spacial score (nSPS) is 17.2. The van der Waals surface area contributed by atoms with E-state index in [2.05, 4.69) is 53.8 Å². The molecule has 0 spiro atoms. The zero-order chi connectivity index (χ0) is 14.3. The minimum absolute atomic E-state index is 0.226. The van der Waals surface area contributed by atoms with Gasteiger partial charge in [-0.1, -0.05) is 0 Å². The number of thiophene rings is 1. The second-order valence-electron chi connectivity index (χ2n) is 5.71. The summed E-state index contributed by atoms with van der Waals surface area (Å²) in [6.07, 6.45) is 2.26. The van der Waals surface area contributed by atoms with E-state index in [-0.39, 0.29) is 6.04 Å². The molecule has 0 aliphatic carbocycles. The van der Waals surface area contributed by atoms with Crippen molar-refractivity contribution in [2.24, 2.45) is 0 Å². The van der Waals surface area contributed by atoms with E-state index < -0.39 is 0 Å². The molecule has 0 saturated heterocycles. The molecule has 5 heteroatoms. The number of hydrogen-bond donors (Lipinski definition) is 1. The number of fused-ring (bicyclic) bond motifs is 1. The summed E-state index contributed by atoms with van der Waals surface area (Å²) < 4.78 is 2.27. The fourth-order valence-electron chi connectivity index (χ4n) is 3.11. The number of nitrogens with zero attached hydrogens (tertiary/aromatic N) is 3. The molecule has 1 aliphatic rings. The third-order valence-electron chi connectivity index (χ3n) is 4.07. The van der Waals surface area contributed by atoms with Crippen molar-refractivity contribution in [2.45, 2.75) is 59.2 Å². The molecule has 2 aromatic heterocycles. The lowest BCUT2D eigenvalue weighted by atomic mass is 10.1. The van der Waals surface area contributed by atoms with Gasteiger partial charge in [-0.15, -0.1) is 21.5 Å². The Morgan fingerprint density at radius 1 is 1.25 bits per heavy atom. The van der Waals surface area contributed by atoms with Gasteiger partial charge in [0.2, 0.25) is 0 Å². The van der Waals surface area contributed by atoms with Crippen molar-refractivity contribution in [1.29, 1.82) is 0 Å². The highest BCUT2D eigenvalue weighted by molar-refractivity contribution is 7.12. The zero-order valence-corrected chi connectivity index (χ0v) is 13.4. The van der Waals surface area contributed by atoms with Gasteiger partial charge >= 0.3 is 0 Å². The molecule has 0 saturated carbocycles. The molecule has 2 atom stereocenters. The molecule has 2 aromatic rings. The van der Waals surface area contributed by atoms with E-state index in [4.69, 9.17) is 0 Å². The van der Waals surface area contributed by atoms with Crippen molar-refractivity contribution in [3.8, 4) is 0 Å². The van der Waals surface area contributed by atoms with Gasteiger partial charge in [-0.2, -0.15) is 0 Å². The van der Waals surface area contributed by atoms with Gasteiger partial charge < -0.3 is 9.88 Å². The van der Waals surface area contributed by atoms with Crippen LogP contribution in [0.3, 0.4) is 0 Å². The van der Waals surface area contributed by atoms with Crippen LogP contribution >= 0.6 is 11.3 Å². The Balaban J connectivity index is 1.75. The topological polar surface area (TPSA) is 42.7 Å². The van der Waals surface area contributed by atoms with Gasteiger partial charge in [-0.05, 0) is 45.7 Å². The summed E-state index contributed by atoms with van der Waals surface area (Å²) in [6.45, 7) is 9.84. The Kier molecular flexibility index (Phi) is 3.65.